The van der Waals surface area contributed by atoms with Crippen LogP contribution in [0.5, 0.6) is 0 Å². The molecule has 0 fully saturated rings. The molecule has 5 nitrogen and oxygen atoms in total. The van der Waals surface area contributed by atoms with Crippen molar-refractivity contribution in [2.75, 3.05) is 11.1 Å². The lowest BCUT2D eigenvalue weighted by molar-refractivity contribution is -0.113. The summed E-state index contributed by atoms with van der Waals surface area (Å²) in [6, 6.07) is 13.2. The minimum absolute atomic E-state index is 0.150. The second-order valence-corrected chi connectivity index (χ2v) is 6.07. The van der Waals surface area contributed by atoms with Crippen molar-refractivity contribution in [3.05, 3.63) is 59.9 Å². The van der Waals surface area contributed by atoms with Crippen molar-refractivity contribution < 1.29 is 4.79 Å². The number of rotatable bonds is 5. The quantitative estimate of drug-likeness (QED) is 0.689. The van der Waals surface area contributed by atoms with Crippen LogP contribution < -0.4 is 5.32 Å². The molecule has 3 rings (SSSR count). The molecule has 1 amide bonds. The SMILES string of the molecule is O=C(CSc1ncc(-c2ccccc2)[nH]1)Nc1ccc(Cl)cn1. The fraction of sp³-hybridized carbons (Fsp3) is 0.0625. The minimum atomic E-state index is -0.150. The number of pyridine rings is 1. The second kappa shape index (κ2) is 7.30. The highest BCUT2D eigenvalue weighted by molar-refractivity contribution is 7.99. The van der Waals surface area contributed by atoms with E-state index in [1.807, 2.05) is 30.3 Å². The van der Waals surface area contributed by atoms with Gasteiger partial charge in [-0.25, -0.2) is 9.97 Å². The molecule has 0 atom stereocenters. The Balaban J connectivity index is 1.55. The molecule has 2 heterocycles. The van der Waals surface area contributed by atoms with E-state index >= 15 is 0 Å². The summed E-state index contributed by atoms with van der Waals surface area (Å²) in [5.74, 6) is 0.568. The number of halogens is 1. The number of aromatic nitrogens is 3. The molecule has 2 N–H and O–H groups in total. The van der Waals surface area contributed by atoms with E-state index in [-0.39, 0.29) is 11.7 Å². The first-order valence-corrected chi connectivity index (χ1v) is 8.22. The maximum absolute atomic E-state index is 11.9. The van der Waals surface area contributed by atoms with E-state index in [1.54, 1.807) is 18.3 Å². The fourth-order valence-corrected chi connectivity index (χ4v) is 2.66. The Bertz CT molecular complexity index is 789. The molecular weight excluding hydrogens is 332 g/mol. The molecule has 0 bridgehead atoms. The number of hydrogen-bond donors (Lipinski definition) is 2. The van der Waals surface area contributed by atoms with Crippen LogP contribution >= 0.6 is 23.4 Å². The average molecular weight is 345 g/mol. The van der Waals surface area contributed by atoms with Crippen LogP contribution in [0.25, 0.3) is 11.3 Å². The number of imidazole rings is 1. The van der Waals surface area contributed by atoms with Gasteiger partial charge in [-0.3, -0.25) is 4.79 Å². The number of thioether (sulfide) groups is 1. The van der Waals surface area contributed by atoms with E-state index in [9.17, 15) is 4.79 Å². The van der Waals surface area contributed by atoms with Gasteiger partial charge in [-0.2, -0.15) is 0 Å². The molecule has 0 radical (unpaired) electrons. The van der Waals surface area contributed by atoms with Gasteiger partial charge in [-0.05, 0) is 17.7 Å². The number of H-pyrrole nitrogens is 1. The van der Waals surface area contributed by atoms with E-state index in [0.29, 0.717) is 16.0 Å². The summed E-state index contributed by atoms with van der Waals surface area (Å²) < 4.78 is 0. The molecule has 0 aliphatic rings. The largest absolute Gasteiger partial charge is 0.333 e. The van der Waals surface area contributed by atoms with Crippen molar-refractivity contribution in [3.8, 4) is 11.3 Å². The molecule has 116 valence electrons. The Morgan fingerprint density at radius 3 is 2.70 bits per heavy atom. The lowest BCUT2D eigenvalue weighted by Gasteiger charge is -2.03. The van der Waals surface area contributed by atoms with Gasteiger partial charge in [0.1, 0.15) is 5.82 Å². The van der Waals surface area contributed by atoms with E-state index < -0.39 is 0 Å². The van der Waals surface area contributed by atoms with Gasteiger partial charge < -0.3 is 10.3 Å². The Morgan fingerprint density at radius 2 is 1.96 bits per heavy atom. The van der Waals surface area contributed by atoms with Crippen LogP contribution in [0.4, 0.5) is 5.82 Å². The summed E-state index contributed by atoms with van der Waals surface area (Å²) in [7, 11) is 0. The van der Waals surface area contributed by atoms with Gasteiger partial charge in [0.25, 0.3) is 0 Å². The number of nitrogens with one attached hydrogen (secondary N) is 2. The highest BCUT2D eigenvalue weighted by Crippen LogP contribution is 2.21. The highest BCUT2D eigenvalue weighted by Gasteiger charge is 2.08. The van der Waals surface area contributed by atoms with E-state index in [0.717, 1.165) is 11.3 Å². The van der Waals surface area contributed by atoms with Crippen molar-refractivity contribution in [1.29, 1.82) is 0 Å². The van der Waals surface area contributed by atoms with Crippen LogP contribution in [0.15, 0.2) is 60.0 Å². The molecule has 7 heteroatoms. The van der Waals surface area contributed by atoms with Gasteiger partial charge >= 0.3 is 0 Å². The topological polar surface area (TPSA) is 70.7 Å². The molecule has 0 aliphatic carbocycles. The monoisotopic (exact) mass is 344 g/mol. The molecule has 0 saturated carbocycles. The Labute approximate surface area is 142 Å². The van der Waals surface area contributed by atoms with E-state index in [1.165, 1.54) is 18.0 Å². The number of carbonyl (C=O) groups excluding carboxylic acids is 1. The predicted molar refractivity (Wildman–Crippen MR) is 92.6 cm³/mol. The first kappa shape index (κ1) is 15.6. The summed E-state index contributed by atoms with van der Waals surface area (Å²) in [5, 5.41) is 3.93. The summed E-state index contributed by atoms with van der Waals surface area (Å²) in [6.45, 7) is 0. The van der Waals surface area contributed by atoms with Crippen molar-refractivity contribution in [1.82, 2.24) is 15.0 Å². The normalized spacial score (nSPS) is 10.5. The van der Waals surface area contributed by atoms with Gasteiger partial charge in [-0.1, -0.05) is 53.7 Å². The first-order valence-electron chi connectivity index (χ1n) is 6.85. The molecule has 23 heavy (non-hydrogen) atoms. The number of nitrogens with zero attached hydrogens (tertiary/aromatic N) is 2. The molecule has 1 aromatic carbocycles. The van der Waals surface area contributed by atoms with Crippen LogP contribution in [0.1, 0.15) is 0 Å². The van der Waals surface area contributed by atoms with Gasteiger partial charge in [0.05, 0.1) is 22.7 Å². The summed E-state index contributed by atoms with van der Waals surface area (Å²) in [6.07, 6.45) is 3.25. The smallest absolute Gasteiger partial charge is 0.236 e. The zero-order chi connectivity index (χ0) is 16.1. The van der Waals surface area contributed by atoms with Crippen molar-refractivity contribution in [3.63, 3.8) is 0 Å². The van der Waals surface area contributed by atoms with Gasteiger partial charge in [0.15, 0.2) is 5.16 Å². The second-order valence-electron chi connectivity index (χ2n) is 4.67. The number of anilines is 1. The molecule has 0 unspecified atom stereocenters. The maximum atomic E-state index is 11.9. The lowest BCUT2D eigenvalue weighted by Crippen LogP contribution is -2.14. The Kier molecular flexibility index (Phi) is 4.95. The molecular formula is C16H13ClN4OS. The number of aromatic amines is 1. The molecule has 0 spiro atoms. The number of hydrogen-bond acceptors (Lipinski definition) is 4. The number of amides is 1. The van der Waals surface area contributed by atoms with E-state index in [4.69, 9.17) is 11.6 Å². The summed E-state index contributed by atoms with van der Waals surface area (Å²) in [4.78, 5) is 23.4. The number of carbonyl (C=O) groups is 1. The molecule has 0 aliphatic heterocycles. The summed E-state index contributed by atoms with van der Waals surface area (Å²) >= 11 is 7.08. The Hall–Kier alpha value is -2.31. The molecule has 3 aromatic rings. The third-order valence-electron chi connectivity index (χ3n) is 2.97. The first-order chi connectivity index (χ1) is 11.2. The zero-order valence-electron chi connectivity index (χ0n) is 12.0. The predicted octanol–water partition coefficient (Wildman–Crippen LogP) is 3.86. The van der Waals surface area contributed by atoms with Crippen LogP contribution in [0.3, 0.4) is 0 Å². The van der Waals surface area contributed by atoms with Crippen LogP contribution in [-0.4, -0.2) is 26.6 Å². The van der Waals surface area contributed by atoms with Crippen molar-refractivity contribution >= 4 is 35.1 Å². The molecule has 2 aromatic heterocycles. The highest BCUT2D eigenvalue weighted by atomic mass is 35.5. The molecule has 0 saturated heterocycles. The van der Waals surface area contributed by atoms with Crippen LogP contribution in [-0.2, 0) is 4.79 Å². The summed E-state index contributed by atoms with van der Waals surface area (Å²) in [5.41, 5.74) is 1.98. The third-order valence-corrected chi connectivity index (χ3v) is 4.08. The third kappa shape index (κ3) is 4.34. The average Bonchev–Trinajstić information content (AvgIpc) is 3.05. The number of benzene rings is 1. The van der Waals surface area contributed by atoms with Gasteiger partial charge in [-0.15, -0.1) is 0 Å². The van der Waals surface area contributed by atoms with E-state index in [2.05, 4.69) is 20.3 Å². The van der Waals surface area contributed by atoms with Crippen molar-refractivity contribution in [2.45, 2.75) is 5.16 Å². The minimum Gasteiger partial charge on any atom is -0.333 e. The Morgan fingerprint density at radius 1 is 1.13 bits per heavy atom. The van der Waals surface area contributed by atoms with Gasteiger partial charge in [0, 0.05) is 6.20 Å². The van der Waals surface area contributed by atoms with Crippen LogP contribution in [0.2, 0.25) is 5.02 Å². The zero-order valence-corrected chi connectivity index (χ0v) is 13.6. The van der Waals surface area contributed by atoms with Crippen molar-refractivity contribution in [2.24, 2.45) is 0 Å². The maximum Gasteiger partial charge on any atom is 0.236 e. The standard InChI is InChI=1S/C16H13ClN4OS/c17-12-6-7-14(18-8-12)21-15(22)10-23-16-19-9-13(20-16)11-4-2-1-3-5-11/h1-9H,10H2,(H,19,20)(H,18,21,22). The van der Waals surface area contributed by atoms with Gasteiger partial charge in [0.2, 0.25) is 5.91 Å². The van der Waals surface area contributed by atoms with Crippen LogP contribution in [0, 0.1) is 0 Å². The lowest BCUT2D eigenvalue weighted by atomic mass is 10.2. The fourth-order valence-electron chi connectivity index (χ4n) is 1.90.